The van der Waals surface area contributed by atoms with E-state index in [0.717, 1.165) is 27.6 Å². The predicted octanol–water partition coefficient (Wildman–Crippen LogP) is 3.19. The maximum Gasteiger partial charge on any atom is 0.160 e. The van der Waals surface area contributed by atoms with Crippen molar-refractivity contribution < 1.29 is 4.79 Å². The molecule has 0 spiro atoms. The molecule has 0 saturated carbocycles. The van der Waals surface area contributed by atoms with E-state index in [4.69, 9.17) is 0 Å². The van der Waals surface area contributed by atoms with Crippen LogP contribution >= 0.6 is 27.3 Å². The Kier molecular flexibility index (Phi) is 2.84. The van der Waals surface area contributed by atoms with Gasteiger partial charge in [0.1, 0.15) is 0 Å². The first-order chi connectivity index (χ1) is 5.20. The largest absolute Gasteiger partial charge is 0.297 e. The van der Waals surface area contributed by atoms with Crippen molar-refractivity contribution in [3.63, 3.8) is 0 Å². The van der Waals surface area contributed by atoms with Crippen LogP contribution in [0.5, 0.6) is 0 Å². The van der Waals surface area contributed by atoms with Crippen LogP contribution in [0.2, 0.25) is 0 Å². The van der Waals surface area contributed by atoms with Gasteiger partial charge in [0.2, 0.25) is 0 Å². The summed E-state index contributed by atoms with van der Waals surface area (Å²) in [5.74, 6) is 0. The fraction of sp³-hybridized carbons (Fsp3) is 0.375. The molecule has 0 atom stereocenters. The Labute approximate surface area is 78.6 Å². The minimum absolute atomic E-state index is 0.841. The van der Waals surface area contributed by atoms with Gasteiger partial charge in [-0.15, -0.1) is 11.3 Å². The Balaban J connectivity index is 3.22. The fourth-order valence-electron chi connectivity index (χ4n) is 0.911. The molecule has 0 unspecified atom stereocenters. The van der Waals surface area contributed by atoms with Crippen LogP contribution in [-0.2, 0) is 6.42 Å². The van der Waals surface area contributed by atoms with Crippen molar-refractivity contribution in [3.8, 4) is 0 Å². The minimum Gasteiger partial charge on any atom is -0.297 e. The number of aldehydes is 1. The molecule has 0 N–H and O–H groups in total. The van der Waals surface area contributed by atoms with Crippen LogP contribution in [0.4, 0.5) is 0 Å². The Morgan fingerprint density at radius 2 is 2.27 bits per heavy atom. The highest BCUT2D eigenvalue weighted by Gasteiger charge is 2.09. The van der Waals surface area contributed by atoms with Crippen molar-refractivity contribution in [2.75, 3.05) is 0 Å². The van der Waals surface area contributed by atoms with Crippen LogP contribution in [0, 0.1) is 6.92 Å². The maximum absolute atomic E-state index is 10.5. The molecule has 60 valence electrons. The van der Waals surface area contributed by atoms with Gasteiger partial charge in [-0.2, -0.15) is 0 Å². The zero-order valence-corrected chi connectivity index (χ0v) is 8.88. The van der Waals surface area contributed by atoms with E-state index in [0.29, 0.717) is 0 Å². The Hall–Kier alpha value is -0.150. The van der Waals surface area contributed by atoms with E-state index in [2.05, 4.69) is 22.9 Å². The number of thiophene rings is 1. The first-order valence-corrected chi connectivity index (χ1v) is 5.04. The quantitative estimate of drug-likeness (QED) is 0.717. The second-order valence-electron chi connectivity index (χ2n) is 2.30. The molecule has 1 heterocycles. The molecule has 0 fully saturated rings. The third-order valence-corrected chi connectivity index (χ3v) is 4.30. The lowest BCUT2D eigenvalue weighted by Crippen LogP contribution is -1.75. The van der Waals surface area contributed by atoms with E-state index in [1.54, 1.807) is 11.3 Å². The molecule has 0 bridgehead atoms. The van der Waals surface area contributed by atoms with Gasteiger partial charge in [0, 0.05) is 9.35 Å². The van der Waals surface area contributed by atoms with Crippen LogP contribution in [0.3, 0.4) is 0 Å². The monoisotopic (exact) mass is 232 g/mol. The van der Waals surface area contributed by atoms with Crippen LogP contribution in [0.15, 0.2) is 4.47 Å². The summed E-state index contributed by atoms with van der Waals surface area (Å²) in [6.45, 7) is 4.05. The summed E-state index contributed by atoms with van der Waals surface area (Å²) < 4.78 is 1.10. The van der Waals surface area contributed by atoms with E-state index in [-0.39, 0.29) is 0 Å². The van der Waals surface area contributed by atoms with Gasteiger partial charge in [-0.25, -0.2) is 0 Å². The van der Waals surface area contributed by atoms with Crippen LogP contribution in [-0.4, -0.2) is 6.29 Å². The third-order valence-electron chi connectivity index (χ3n) is 1.60. The van der Waals surface area contributed by atoms with Crippen molar-refractivity contribution in [2.24, 2.45) is 0 Å². The van der Waals surface area contributed by atoms with Crippen molar-refractivity contribution in [1.82, 2.24) is 0 Å². The Bertz CT molecular complexity index is 278. The Morgan fingerprint density at radius 1 is 1.64 bits per heavy atom. The maximum atomic E-state index is 10.5. The second-order valence-corrected chi connectivity index (χ2v) is 4.23. The molecule has 3 heteroatoms. The molecule has 0 aliphatic carbocycles. The summed E-state index contributed by atoms with van der Waals surface area (Å²) in [6.07, 6.45) is 1.91. The lowest BCUT2D eigenvalue weighted by molar-refractivity contribution is 0.112. The number of halogens is 1. The molecule has 1 aromatic rings. The van der Waals surface area contributed by atoms with Gasteiger partial charge in [-0.05, 0) is 34.8 Å². The molecule has 1 nitrogen and oxygen atoms in total. The standard InChI is InChI=1S/C8H9BrOS/c1-3-6-8(9)5(2)7(4-10)11-6/h4H,3H2,1-2H3. The van der Waals surface area contributed by atoms with Gasteiger partial charge in [0.15, 0.2) is 6.29 Å². The smallest absolute Gasteiger partial charge is 0.160 e. The summed E-state index contributed by atoms with van der Waals surface area (Å²) >= 11 is 5.02. The van der Waals surface area contributed by atoms with E-state index in [9.17, 15) is 4.79 Å². The van der Waals surface area contributed by atoms with E-state index < -0.39 is 0 Å². The molecule has 1 aromatic heterocycles. The fourth-order valence-corrected chi connectivity index (χ4v) is 2.73. The number of hydrogen-bond donors (Lipinski definition) is 0. The normalized spacial score (nSPS) is 10.1. The zero-order chi connectivity index (χ0) is 8.43. The zero-order valence-electron chi connectivity index (χ0n) is 6.48. The number of rotatable bonds is 2. The summed E-state index contributed by atoms with van der Waals surface area (Å²) in [4.78, 5) is 12.6. The molecule has 0 aromatic carbocycles. The van der Waals surface area contributed by atoms with Crippen LogP contribution in [0.25, 0.3) is 0 Å². The first kappa shape index (κ1) is 8.94. The average Bonchev–Trinajstić information content (AvgIpc) is 2.30. The highest BCUT2D eigenvalue weighted by atomic mass is 79.9. The van der Waals surface area contributed by atoms with Gasteiger partial charge >= 0.3 is 0 Å². The van der Waals surface area contributed by atoms with Crippen molar-refractivity contribution in [2.45, 2.75) is 20.3 Å². The summed E-state index contributed by atoms with van der Waals surface area (Å²) in [5, 5.41) is 0. The van der Waals surface area contributed by atoms with Crippen molar-refractivity contribution >= 4 is 33.6 Å². The van der Waals surface area contributed by atoms with E-state index in [1.807, 2.05) is 6.92 Å². The molecule has 1 rings (SSSR count). The molecule has 0 amide bonds. The lowest BCUT2D eigenvalue weighted by atomic mass is 10.2. The Morgan fingerprint density at radius 3 is 2.55 bits per heavy atom. The lowest BCUT2D eigenvalue weighted by Gasteiger charge is -1.89. The van der Waals surface area contributed by atoms with Gasteiger partial charge in [0.25, 0.3) is 0 Å². The minimum atomic E-state index is 0.841. The third kappa shape index (κ3) is 1.54. The van der Waals surface area contributed by atoms with Gasteiger partial charge in [0.05, 0.1) is 4.88 Å². The first-order valence-electron chi connectivity index (χ1n) is 3.43. The van der Waals surface area contributed by atoms with Crippen LogP contribution < -0.4 is 0 Å². The molecule has 0 saturated heterocycles. The molecular weight excluding hydrogens is 224 g/mol. The second kappa shape index (κ2) is 3.50. The van der Waals surface area contributed by atoms with E-state index in [1.165, 1.54) is 4.88 Å². The number of carbonyl (C=O) groups excluding carboxylic acids is 1. The number of hydrogen-bond acceptors (Lipinski definition) is 2. The number of carbonyl (C=O) groups is 1. The van der Waals surface area contributed by atoms with Crippen molar-refractivity contribution in [1.29, 1.82) is 0 Å². The topological polar surface area (TPSA) is 17.1 Å². The SMILES string of the molecule is CCc1sc(C=O)c(C)c1Br. The van der Waals surface area contributed by atoms with Crippen molar-refractivity contribution in [3.05, 3.63) is 19.8 Å². The summed E-state index contributed by atoms with van der Waals surface area (Å²) in [6, 6.07) is 0. The molecule has 0 aliphatic rings. The summed E-state index contributed by atoms with van der Waals surface area (Å²) in [7, 11) is 0. The highest BCUT2D eigenvalue weighted by molar-refractivity contribution is 9.10. The average molecular weight is 233 g/mol. The number of aryl methyl sites for hydroxylation is 1. The molecule has 11 heavy (non-hydrogen) atoms. The molecule has 0 radical (unpaired) electrons. The molecule has 0 aliphatic heterocycles. The molecular formula is C8H9BrOS. The van der Waals surface area contributed by atoms with Gasteiger partial charge in [-0.3, -0.25) is 4.79 Å². The highest BCUT2D eigenvalue weighted by Crippen LogP contribution is 2.31. The van der Waals surface area contributed by atoms with Gasteiger partial charge in [-0.1, -0.05) is 6.92 Å². The van der Waals surface area contributed by atoms with Crippen LogP contribution in [0.1, 0.15) is 27.0 Å². The van der Waals surface area contributed by atoms with E-state index >= 15 is 0 Å². The summed E-state index contributed by atoms with van der Waals surface area (Å²) in [5.41, 5.74) is 1.07. The predicted molar refractivity (Wildman–Crippen MR) is 51.5 cm³/mol. The van der Waals surface area contributed by atoms with Gasteiger partial charge < -0.3 is 0 Å².